The number of nitrogens with zero attached hydrogens (tertiary/aromatic N) is 3. The van der Waals surface area contributed by atoms with Gasteiger partial charge in [0.1, 0.15) is 0 Å². The van der Waals surface area contributed by atoms with Crippen LogP contribution in [0.15, 0.2) is 6.20 Å². The summed E-state index contributed by atoms with van der Waals surface area (Å²) < 4.78 is 24.5. The minimum Gasteiger partial charge on any atom is -0.251 e. The average molecular weight is 310 g/mol. The van der Waals surface area contributed by atoms with E-state index < -0.39 is 9.84 Å². The molecule has 0 aliphatic heterocycles. The lowest BCUT2D eigenvalue weighted by molar-refractivity contribution is 0.574. The van der Waals surface area contributed by atoms with Crippen molar-refractivity contribution in [2.45, 2.75) is 31.6 Å². The van der Waals surface area contributed by atoms with E-state index in [1.807, 2.05) is 13.8 Å². The predicted octanol–water partition coefficient (Wildman–Crippen LogP) is 1.56. The largest absolute Gasteiger partial charge is 0.251 e. The van der Waals surface area contributed by atoms with Crippen molar-refractivity contribution in [1.29, 1.82) is 0 Å². The van der Waals surface area contributed by atoms with Crippen molar-refractivity contribution in [2.24, 2.45) is 0 Å². The van der Waals surface area contributed by atoms with Crippen LogP contribution in [0.2, 0.25) is 0 Å². The minimum absolute atomic E-state index is 0.125. The molecule has 0 radical (unpaired) electrons. The first-order chi connectivity index (χ1) is 7.44. The minimum atomic E-state index is -2.94. The molecule has 1 aromatic rings. The number of hydrogen-bond donors (Lipinski definition) is 0. The van der Waals surface area contributed by atoms with Crippen molar-refractivity contribution in [3.8, 4) is 0 Å². The number of rotatable bonds is 6. The van der Waals surface area contributed by atoms with Crippen molar-refractivity contribution in [3.63, 3.8) is 0 Å². The van der Waals surface area contributed by atoms with E-state index in [-0.39, 0.29) is 16.3 Å². The fourth-order valence-corrected chi connectivity index (χ4v) is 2.75. The third kappa shape index (κ3) is 4.21. The summed E-state index contributed by atoms with van der Waals surface area (Å²) in [6.45, 7) is 4.18. The second-order valence-electron chi connectivity index (χ2n) is 3.67. The number of hydrogen-bond acceptors (Lipinski definition) is 4. The molecule has 0 saturated heterocycles. The molecule has 0 saturated carbocycles. The second kappa shape index (κ2) is 5.77. The van der Waals surface area contributed by atoms with E-state index in [0.717, 1.165) is 5.69 Å². The molecular formula is C9H16BrN3O2S. The van der Waals surface area contributed by atoms with Crippen molar-refractivity contribution in [1.82, 2.24) is 15.0 Å². The number of halogens is 1. The smallest absolute Gasteiger partial charge is 0.152 e. The molecule has 5 nitrogen and oxygen atoms in total. The Balaban J connectivity index is 2.55. The molecule has 0 aliphatic rings. The lowest BCUT2D eigenvalue weighted by atomic mass is 10.4. The highest BCUT2D eigenvalue weighted by molar-refractivity contribution is 9.09. The summed E-state index contributed by atoms with van der Waals surface area (Å²) in [7, 11) is -2.94. The number of sulfone groups is 1. The highest BCUT2D eigenvalue weighted by atomic mass is 79.9. The Bertz CT molecular complexity index is 428. The maximum absolute atomic E-state index is 11.5. The SMILES string of the molecule is CCCS(=O)(=O)CCn1cc(C(C)Br)nn1. The van der Waals surface area contributed by atoms with Gasteiger partial charge >= 0.3 is 0 Å². The van der Waals surface area contributed by atoms with Gasteiger partial charge in [-0.1, -0.05) is 28.1 Å². The highest BCUT2D eigenvalue weighted by Gasteiger charge is 2.11. The Hall–Kier alpha value is -0.430. The Labute approximate surface area is 104 Å². The topological polar surface area (TPSA) is 64.8 Å². The zero-order valence-corrected chi connectivity index (χ0v) is 11.8. The van der Waals surface area contributed by atoms with Crippen LogP contribution in [0, 0.1) is 0 Å². The molecule has 16 heavy (non-hydrogen) atoms. The van der Waals surface area contributed by atoms with Gasteiger partial charge in [0.2, 0.25) is 0 Å². The van der Waals surface area contributed by atoms with Gasteiger partial charge in [0.15, 0.2) is 9.84 Å². The number of aryl methyl sites for hydroxylation is 1. The van der Waals surface area contributed by atoms with Crippen LogP contribution >= 0.6 is 15.9 Å². The van der Waals surface area contributed by atoms with Gasteiger partial charge in [-0.3, -0.25) is 4.68 Å². The molecule has 0 amide bonds. The van der Waals surface area contributed by atoms with Crippen LogP contribution in [-0.4, -0.2) is 34.9 Å². The third-order valence-electron chi connectivity index (χ3n) is 2.11. The molecule has 1 rings (SSSR count). The van der Waals surface area contributed by atoms with Crippen LogP contribution in [0.1, 0.15) is 30.8 Å². The molecule has 0 spiro atoms. The van der Waals surface area contributed by atoms with Crippen molar-refractivity contribution in [3.05, 3.63) is 11.9 Å². The maximum Gasteiger partial charge on any atom is 0.152 e. The van der Waals surface area contributed by atoms with E-state index in [0.29, 0.717) is 13.0 Å². The Morgan fingerprint density at radius 1 is 1.50 bits per heavy atom. The molecule has 0 bridgehead atoms. The van der Waals surface area contributed by atoms with Gasteiger partial charge in [-0.25, -0.2) is 8.42 Å². The summed E-state index contributed by atoms with van der Waals surface area (Å²) in [5.41, 5.74) is 0.813. The van der Waals surface area contributed by atoms with Gasteiger partial charge in [-0.2, -0.15) is 0 Å². The van der Waals surface area contributed by atoms with E-state index in [1.165, 1.54) is 0 Å². The fraction of sp³-hybridized carbons (Fsp3) is 0.778. The Morgan fingerprint density at radius 3 is 2.69 bits per heavy atom. The summed E-state index contributed by atoms with van der Waals surface area (Å²) >= 11 is 3.38. The quantitative estimate of drug-likeness (QED) is 0.748. The van der Waals surface area contributed by atoms with Crippen molar-refractivity contribution >= 4 is 25.8 Å². The van der Waals surface area contributed by atoms with Gasteiger partial charge in [-0.15, -0.1) is 5.10 Å². The molecule has 1 unspecified atom stereocenters. The first kappa shape index (κ1) is 13.6. The normalized spacial score (nSPS) is 13.9. The standard InChI is InChI=1S/C9H16BrN3O2S/c1-3-5-16(14,15)6-4-13-7-9(8(2)10)11-12-13/h7-8H,3-6H2,1-2H3. The van der Waals surface area contributed by atoms with Crippen LogP contribution in [0.4, 0.5) is 0 Å². The summed E-state index contributed by atoms with van der Waals surface area (Å²) in [5, 5.41) is 7.81. The molecule has 0 N–H and O–H groups in total. The molecular weight excluding hydrogens is 294 g/mol. The number of aromatic nitrogens is 3. The molecule has 1 atom stereocenters. The Kier molecular flexibility index (Phi) is 4.91. The second-order valence-corrected chi connectivity index (χ2v) is 7.35. The van der Waals surface area contributed by atoms with E-state index in [4.69, 9.17) is 0 Å². The summed E-state index contributed by atoms with van der Waals surface area (Å²) in [6.07, 6.45) is 2.42. The van der Waals surface area contributed by atoms with Crippen molar-refractivity contribution < 1.29 is 8.42 Å². The van der Waals surface area contributed by atoms with E-state index in [1.54, 1.807) is 10.9 Å². The zero-order valence-electron chi connectivity index (χ0n) is 9.43. The monoisotopic (exact) mass is 309 g/mol. The summed E-state index contributed by atoms with van der Waals surface area (Å²) in [5.74, 6) is 0.365. The van der Waals surface area contributed by atoms with Crippen molar-refractivity contribution in [2.75, 3.05) is 11.5 Å². The van der Waals surface area contributed by atoms with Crippen LogP contribution in [-0.2, 0) is 16.4 Å². The van der Waals surface area contributed by atoms with Gasteiger partial charge in [-0.05, 0) is 13.3 Å². The molecule has 1 heterocycles. The predicted molar refractivity (Wildman–Crippen MR) is 66.3 cm³/mol. The highest BCUT2D eigenvalue weighted by Crippen LogP contribution is 2.17. The van der Waals surface area contributed by atoms with Gasteiger partial charge in [0, 0.05) is 11.9 Å². The molecule has 92 valence electrons. The Morgan fingerprint density at radius 2 is 2.19 bits per heavy atom. The molecule has 0 aliphatic carbocycles. The van der Waals surface area contributed by atoms with Gasteiger partial charge in [0.25, 0.3) is 0 Å². The van der Waals surface area contributed by atoms with E-state index >= 15 is 0 Å². The van der Waals surface area contributed by atoms with E-state index in [9.17, 15) is 8.42 Å². The third-order valence-corrected chi connectivity index (χ3v) is 4.41. The van der Waals surface area contributed by atoms with Crippen LogP contribution in [0.25, 0.3) is 0 Å². The van der Waals surface area contributed by atoms with Crippen LogP contribution < -0.4 is 0 Å². The zero-order chi connectivity index (χ0) is 12.2. The summed E-state index contributed by atoms with van der Waals surface area (Å²) in [6, 6.07) is 0. The molecule has 0 aromatic carbocycles. The number of alkyl halides is 1. The first-order valence-corrected chi connectivity index (χ1v) is 7.93. The summed E-state index contributed by atoms with van der Waals surface area (Å²) in [4.78, 5) is 0.133. The maximum atomic E-state index is 11.5. The average Bonchev–Trinajstić information content (AvgIpc) is 2.63. The van der Waals surface area contributed by atoms with Gasteiger partial charge in [0.05, 0.1) is 22.8 Å². The fourth-order valence-electron chi connectivity index (χ4n) is 1.25. The first-order valence-electron chi connectivity index (χ1n) is 5.19. The molecule has 7 heteroatoms. The lowest BCUT2D eigenvalue weighted by Crippen LogP contribution is -2.16. The van der Waals surface area contributed by atoms with E-state index in [2.05, 4.69) is 26.2 Å². The van der Waals surface area contributed by atoms with Crippen LogP contribution in [0.3, 0.4) is 0 Å². The lowest BCUT2D eigenvalue weighted by Gasteiger charge is -2.01. The van der Waals surface area contributed by atoms with Crippen LogP contribution in [0.5, 0.6) is 0 Å². The molecule has 1 aromatic heterocycles. The van der Waals surface area contributed by atoms with Gasteiger partial charge < -0.3 is 0 Å². The molecule has 0 fully saturated rings.